The molecule has 0 radical (unpaired) electrons. The van der Waals surface area contributed by atoms with E-state index in [1.54, 1.807) is 18.2 Å². The van der Waals surface area contributed by atoms with E-state index in [0.717, 1.165) is 0 Å². The number of benzene rings is 1. The predicted octanol–water partition coefficient (Wildman–Crippen LogP) is 3.92. The molecule has 0 amide bonds. The summed E-state index contributed by atoms with van der Waals surface area (Å²) in [6.07, 6.45) is 0. The molecule has 116 valence electrons. The summed E-state index contributed by atoms with van der Waals surface area (Å²) < 4.78 is 11.1. The lowest BCUT2D eigenvalue weighted by molar-refractivity contribution is 0.0411. The van der Waals surface area contributed by atoms with Gasteiger partial charge in [0, 0.05) is 3.57 Å². The molecule has 0 saturated heterocycles. The molecule has 0 aliphatic heterocycles. The largest absolute Gasteiger partial charge is 0.462 e. The number of rotatable bonds is 6. The Hall–Kier alpha value is -1.11. The molecule has 1 aromatic rings. The fourth-order valence-corrected chi connectivity index (χ4v) is 2.25. The molecule has 0 aliphatic carbocycles. The lowest BCUT2D eigenvalue weighted by Gasteiger charge is -2.13. The van der Waals surface area contributed by atoms with Crippen LogP contribution in [0.25, 0.3) is 0 Å². The molecule has 0 N–H and O–H groups in total. The van der Waals surface area contributed by atoms with Crippen molar-refractivity contribution in [3.05, 3.63) is 32.9 Å². The van der Waals surface area contributed by atoms with E-state index >= 15 is 0 Å². The van der Waals surface area contributed by atoms with Crippen LogP contribution >= 0.6 is 22.6 Å². The van der Waals surface area contributed by atoms with E-state index in [2.05, 4.69) is 0 Å². The van der Waals surface area contributed by atoms with E-state index in [9.17, 15) is 9.59 Å². The van der Waals surface area contributed by atoms with E-state index in [1.165, 1.54) is 0 Å². The number of halogens is 1. The number of carbonyl (C=O) groups excluding carboxylic acids is 2. The van der Waals surface area contributed by atoms with Gasteiger partial charge in [-0.25, -0.2) is 9.59 Å². The van der Waals surface area contributed by atoms with Gasteiger partial charge in [-0.3, -0.25) is 0 Å². The van der Waals surface area contributed by atoms with E-state index in [1.807, 2.05) is 50.3 Å². The zero-order valence-electron chi connectivity index (χ0n) is 12.8. The molecular formula is C16H21IO4. The summed E-state index contributed by atoms with van der Waals surface area (Å²) in [5.74, 6) is -0.483. The molecule has 0 atom stereocenters. The van der Waals surface area contributed by atoms with Crippen LogP contribution < -0.4 is 0 Å². The highest BCUT2D eigenvalue weighted by molar-refractivity contribution is 14.1. The Morgan fingerprint density at radius 1 is 1.00 bits per heavy atom. The van der Waals surface area contributed by atoms with E-state index in [-0.39, 0.29) is 23.0 Å². The van der Waals surface area contributed by atoms with Crippen LogP contribution in [0, 0.1) is 15.4 Å². The van der Waals surface area contributed by atoms with Crippen LogP contribution in [0.15, 0.2) is 18.2 Å². The third kappa shape index (κ3) is 5.65. The zero-order valence-corrected chi connectivity index (χ0v) is 15.0. The minimum Gasteiger partial charge on any atom is -0.462 e. The fraction of sp³-hybridized carbons (Fsp3) is 0.500. The lowest BCUT2D eigenvalue weighted by Crippen LogP contribution is -2.18. The number of ether oxygens (including phenoxy) is 2. The van der Waals surface area contributed by atoms with Gasteiger partial charge in [0.1, 0.15) is 0 Å². The van der Waals surface area contributed by atoms with Gasteiger partial charge in [0.2, 0.25) is 0 Å². The van der Waals surface area contributed by atoms with Crippen molar-refractivity contribution in [2.45, 2.75) is 27.7 Å². The van der Waals surface area contributed by atoms with Gasteiger partial charge >= 0.3 is 11.9 Å². The molecule has 0 aromatic heterocycles. The van der Waals surface area contributed by atoms with Gasteiger partial charge in [-0.15, -0.1) is 0 Å². The quantitative estimate of drug-likeness (QED) is 0.533. The van der Waals surface area contributed by atoms with E-state index < -0.39 is 11.9 Å². The molecule has 0 unspecified atom stereocenters. The van der Waals surface area contributed by atoms with Crippen molar-refractivity contribution in [2.24, 2.45) is 11.8 Å². The van der Waals surface area contributed by atoms with Crippen molar-refractivity contribution < 1.29 is 19.1 Å². The lowest BCUT2D eigenvalue weighted by atomic mass is 10.1. The normalized spacial score (nSPS) is 10.8. The zero-order chi connectivity index (χ0) is 16.0. The van der Waals surface area contributed by atoms with Gasteiger partial charge in [0.05, 0.1) is 24.3 Å². The molecule has 0 saturated carbocycles. The van der Waals surface area contributed by atoms with Crippen LogP contribution in [0.4, 0.5) is 0 Å². The summed E-state index contributed by atoms with van der Waals surface area (Å²) in [6.45, 7) is 8.48. The second-order valence-corrected chi connectivity index (χ2v) is 6.81. The summed E-state index contributed by atoms with van der Waals surface area (Å²) in [5.41, 5.74) is 0.545. The summed E-state index contributed by atoms with van der Waals surface area (Å²) in [4.78, 5) is 24.3. The Kier molecular flexibility index (Phi) is 7.14. The van der Waals surface area contributed by atoms with Crippen LogP contribution in [0.3, 0.4) is 0 Å². The Labute approximate surface area is 139 Å². The highest BCUT2D eigenvalue weighted by atomic mass is 127. The topological polar surface area (TPSA) is 52.6 Å². The average molecular weight is 404 g/mol. The number of hydrogen-bond donors (Lipinski definition) is 0. The average Bonchev–Trinajstić information content (AvgIpc) is 2.41. The van der Waals surface area contributed by atoms with Crippen LogP contribution in [0.5, 0.6) is 0 Å². The minimum atomic E-state index is -0.487. The van der Waals surface area contributed by atoms with Gasteiger partial charge < -0.3 is 9.47 Å². The van der Waals surface area contributed by atoms with E-state index in [4.69, 9.17) is 9.47 Å². The molecule has 0 aliphatic rings. The summed E-state index contributed by atoms with van der Waals surface area (Å²) >= 11 is 2.02. The molecule has 1 aromatic carbocycles. The maximum Gasteiger partial charge on any atom is 0.340 e. The van der Waals surface area contributed by atoms with Gasteiger partial charge in [0.15, 0.2) is 0 Å². The van der Waals surface area contributed by atoms with Crippen molar-refractivity contribution in [1.82, 2.24) is 0 Å². The molecule has 0 fully saturated rings. The van der Waals surface area contributed by atoms with Crippen LogP contribution in [0.1, 0.15) is 48.4 Å². The van der Waals surface area contributed by atoms with Crippen LogP contribution in [-0.2, 0) is 9.47 Å². The Bertz CT molecular complexity index is 509. The number of carbonyl (C=O) groups is 2. The standard InChI is InChI=1S/C16H21IO4/c1-10(2)8-20-15(18)12-6-5-7-13(17)14(12)16(19)21-9-11(3)4/h5-7,10-11H,8-9H2,1-4H3. The van der Waals surface area contributed by atoms with Crippen molar-refractivity contribution in [2.75, 3.05) is 13.2 Å². The Balaban J connectivity index is 2.97. The second kappa shape index (κ2) is 8.36. The smallest absolute Gasteiger partial charge is 0.340 e. The maximum absolute atomic E-state index is 12.2. The maximum atomic E-state index is 12.2. The van der Waals surface area contributed by atoms with Gasteiger partial charge in [0.25, 0.3) is 0 Å². The Morgan fingerprint density at radius 3 is 2.05 bits per heavy atom. The molecule has 0 spiro atoms. The minimum absolute atomic E-state index is 0.242. The highest BCUT2D eigenvalue weighted by Gasteiger charge is 2.22. The Morgan fingerprint density at radius 2 is 1.52 bits per heavy atom. The molecular weight excluding hydrogens is 383 g/mol. The molecule has 21 heavy (non-hydrogen) atoms. The summed E-state index contributed by atoms with van der Waals surface area (Å²) in [5, 5.41) is 0. The van der Waals surface area contributed by atoms with Crippen LogP contribution in [0.2, 0.25) is 0 Å². The second-order valence-electron chi connectivity index (χ2n) is 5.65. The van der Waals surface area contributed by atoms with Crippen LogP contribution in [-0.4, -0.2) is 25.2 Å². The fourth-order valence-electron chi connectivity index (χ4n) is 1.54. The van der Waals surface area contributed by atoms with E-state index in [0.29, 0.717) is 16.8 Å². The van der Waals surface area contributed by atoms with Gasteiger partial charge in [-0.1, -0.05) is 33.8 Å². The number of esters is 2. The monoisotopic (exact) mass is 404 g/mol. The molecule has 4 nitrogen and oxygen atoms in total. The summed E-state index contributed by atoms with van der Waals surface area (Å²) in [7, 11) is 0. The third-order valence-electron chi connectivity index (χ3n) is 2.53. The first-order chi connectivity index (χ1) is 9.82. The molecule has 0 heterocycles. The van der Waals surface area contributed by atoms with Crippen molar-refractivity contribution in [3.63, 3.8) is 0 Å². The molecule has 1 rings (SSSR count). The first kappa shape index (κ1) is 17.9. The number of hydrogen-bond acceptors (Lipinski definition) is 4. The van der Waals surface area contributed by atoms with Gasteiger partial charge in [-0.05, 0) is 46.6 Å². The van der Waals surface area contributed by atoms with Crippen molar-refractivity contribution in [3.8, 4) is 0 Å². The first-order valence-electron chi connectivity index (χ1n) is 6.95. The van der Waals surface area contributed by atoms with Crippen molar-refractivity contribution in [1.29, 1.82) is 0 Å². The molecule has 0 bridgehead atoms. The molecule has 5 heteroatoms. The predicted molar refractivity (Wildman–Crippen MR) is 89.4 cm³/mol. The summed E-state index contributed by atoms with van der Waals surface area (Å²) in [6, 6.07) is 5.09. The van der Waals surface area contributed by atoms with Crippen molar-refractivity contribution >= 4 is 34.5 Å². The van der Waals surface area contributed by atoms with Gasteiger partial charge in [-0.2, -0.15) is 0 Å². The highest BCUT2D eigenvalue weighted by Crippen LogP contribution is 2.20. The third-order valence-corrected chi connectivity index (χ3v) is 3.43. The first-order valence-corrected chi connectivity index (χ1v) is 8.03. The SMILES string of the molecule is CC(C)COC(=O)c1cccc(I)c1C(=O)OCC(C)C.